The van der Waals surface area contributed by atoms with Crippen molar-refractivity contribution >= 4 is 23.3 Å². The molecule has 0 amide bonds. The molecule has 0 N–H and O–H groups in total. The molecule has 2 unspecified atom stereocenters. The third-order valence-corrected chi connectivity index (χ3v) is 5.34. The summed E-state index contributed by atoms with van der Waals surface area (Å²) >= 11 is 5.65. The van der Waals surface area contributed by atoms with E-state index in [1.807, 2.05) is 0 Å². The van der Waals surface area contributed by atoms with Crippen molar-refractivity contribution in [2.75, 3.05) is 0 Å². The van der Waals surface area contributed by atoms with Crippen LogP contribution in [0, 0.1) is 0 Å². The van der Waals surface area contributed by atoms with Gasteiger partial charge < -0.3 is 0 Å². The molecule has 0 saturated heterocycles. The fourth-order valence-corrected chi connectivity index (χ4v) is 3.73. The molecule has 2 aromatic rings. The molecule has 2 nitrogen and oxygen atoms in total. The zero-order chi connectivity index (χ0) is 18.9. The van der Waals surface area contributed by atoms with Gasteiger partial charge in [0.25, 0.3) is 0 Å². The zero-order valence-electron chi connectivity index (χ0n) is 12.2. The summed E-state index contributed by atoms with van der Waals surface area (Å²) < 4.78 is 95.0. The maximum atomic E-state index is 13.3. The molecule has 0 aliphatic heterocycles. The maximum Gasteiger partial charge on any atom is 0.419 e. The molecule has 136 valence electrons. The number of rotatable bonds is 4. The lowest BCUT2D eigenvalue weighted by atomic mass is 10.1. The summed E-state index contributed by atoms with van der Waals surface area (Å²) in [6.07, 6.45) is -12.8. The third kappa shape index (κ3) is 5.00. The largest absolute Gasteiger partial charge is 0.419 e. The molecule has 2 aromatic carbocycles. The molecular formula is C15H10ClF6O2P. The standard InChI is InChI=1S/C15H10ClF6O2P/c16-25(23,12-7-2-1-3-8-12)24-13(15(20,21)22)10-5-4-6-11(9-10)14(17,18)19/h1-9,13H. The van der Waals surface area contributed by atoms with Crippen LogP contribution in [-0.4, -0.2) is 6.18 Å². The van der Waals surface area contributed by atoms with Gasteiger partial charge in [-0.25, -0.2) is 0 Å². The number of alkyl halides is 6. The summed E-state index contributed by atoms with van der Waals surface area (Å²) in [7, 11) is 0. The van der Waals surface area contributed by atoms with Gasteiger partial charge in [0.1, 0.15) is 0 Å². The predicted molar refractivity (Wildman–Crippen MR) is 80.9 cm³/mol. The Bertz CT molecular complexity index is 776. The Kier molecular flexibility index (Phi) is 5.56. The fraction of sp³-hybridized carbons (Fsp3) is 0.200. The Morgan fingerprint density at radius 3 is 2.04 bits per heavy atom. The first kappa shape index (κ1) is 19.8. The molecule has 10 heteroatoms. The van der Waals surface area contributed by atoms with E-state index in [1.54, 1.807) is 0 Å². The van der Waals surface area contributed by atoms with E-state index in [-0.39, 0.29) is 5.30 Å². The second-order valence-electron chi connectivity index (χ2n) is 4.97. The first-order chi connectivity index (χ1) is 11.4. The van der Waals surface area contributed by atoms with Crippen LogP contribution in [-0.2, 0) is 15.3 Å². The van der Waals surface area contributed by atoms with E-state index in [0.717, 1.165) is 12.1 Å². The van der Waals surface area contributed by atoms with Crippen molar-refractivity contribution in [2.45, 2.75) is 18.5 Å². The predicted octanol–water partition coefficient (Wildman–Crippen LogP) is 6.08. The lowest BCUT2D eigenvalue weighted by molar-refractivity contribution is -0.197. The minimum atomic E-state index is -5.12. The highest BCUT2D eigenvalue weighted by Crippen LogP contribution is 2.57. The van der Waals surface area contributed by atoms with E-state index < -0.39 is 36.3 Å². The van der Waals surface area contributed by atoms with Gasteiger partial charge in [-0.3, -0.25) is 9.09 Å². The SMILES string of the molecule is O=P(Cl)(OC(c1cccc(C(F)(F)F)c1)C(F)(F)F)c1ccccc1. The van der Waals surface area contributed by atoms with Crippen LogP contribution in [0.3, 0.4) is 0 Å². The molecule has 0 aliphatic carbocycles. The van der Waals surface area contributed by atoms with E-state index >= 15 is 0 Å². The van der Waals surface area contributed by atoms with Crippen LogP contribution in [0.25, 0.3) is 0 Å². The Balaban J connectivity index is 2.44. The first-order valence-corrected chi connectivity index (χ1v) is 9.22. The summed E-state index contributed by atoms with van der Waals surface area (Å²) in [6, 6.07) is 9.22. The summed E-state index contributed by atoms with van der Waals surface area (Å²) in [5.41, 5.74) is -2.13. The topological polar surface area (TPSA) is 26.3 Å². The van der Waals surface area contributed by atoms with Gasteiger partial charge >= 0.3 is 19.1 Å². The molecule has 0 spiro atoms. The highest BCUT2D eigenvalue weighted by atomic mass is 35.7. The monoisotopic (exact) mass is 402 g/mol. The number of halogens is 7. The molecular weight excluding hydrogens is 393 g/mol. The van der Waals surface area contributed by atoms with Crippen LogP contribution < -0.4 is 5.30 Å². The molecule has 0 saturated carbocycles. The van der Waals surface area contributed by atoms with Crippen molar-refractivity contribution in [3.05, 3.63) is 65.7 Å². The van der Waals surface area contributed by atoms with Gasteiger partial charge in [-0.15, -0.1) is 0 Å². The minimum Gasteiger partial charge on any atom is -0.296 e. The minimum absolute atomic E-state index is 0.196. The first-order valence-electron chi connectivity index (χ1n) is 6.69. The van der Waals surface area contributed by atoms with Crippen LogP contribution in [0.2, 0.25) is 0 Å². The molecule has 0 aromatic heterocycles. The van der Waals surface area contributed by atoms with E-state index in [9.17, 15) is 30.9 Å². The van der Waals surface area contributed by atoms with Crippen LogP contribution >= 0.6 is 18.0 Å². The van der Waals surface area contributed by atoms with E-state index in [2.05, 4.69) is 4.52 Å². The lowest BCUT2D eigenvalue weighted by Gasteiger charge is -2.24. The number of hydrogen-bond donors (Lipinski definition) is 0. The van der Waals surface area contributed by atoms with Crippen molar-refractivity contribution in [1.29, 1.82) is 0 Å². The van der Waals surface area contributed by atoms with Gasteiger partial charge in [-0.05, 0) is 41.1 Å². The Labute approximate surface area is 143 Å². The van der Waals surface area contributed by atoms with Crippen molar-refractivity contribution in [1.82, 2.24) is 0 Å². The summed E-state index contributed by atoms with van der Waals surface area (Å²) in [4.78, 5) is 0. The highest BCUT2D eigenvalue weighted by molar-refractivity contribution is 7.91. The van der Waals surface area contributed by atoms with Gasteiger partial charge in [-0.1, -0.05) is 30.3 Å². The van der Waals surface area contributed by atoms with E-state index in [1.165, 1.54) is 30.3 Å². The fourth-order valence-electron chi connectivity index (χ4n) is 1.99. The van der Waals surface area contributed by atoms with Crippen LogP contribution in [0.1, 0.15) is 17.2 Å². The third-order valence-electron chi connectivity index (χ3n) is 3.12. The molecule has 0 fully saturated rings. The maximum absolute atomic E-state index is 13.3. The van der Waals surface area contributed by atoms with Gasteiger partial charge in [0.15, 0.2) is 6.10 Å². The average Bonchev–Trinajstić information content (AvgIpc) is 2.52. The van der Waals surface area contributed by atoms with Crippen molar-refractivity contribution < 1.29 is 35.4 Å². The molecule has 0 bridgehead atoms. The van der Waals surface area contributed by atoms with Gasteiger partial charge in [-0.2, -0.15) is 26.3 Å². The Morgan fingerprint density at radius 2 is 1.52 bits per heavy atom. The molecule has 0 heterocycles. The summed E-state index contributed by atoms with van der Waals surface area (Å²) in [5, 5.41) is -0.196. The Morgan fingerprint density at radius 1 is 0.920 bits per heavy atom. The van der Waals surface area contributed by atoms with E-state index in [4.69, 9.17) is 11.2 Å². The van der Waals surface area contributed by atoms with Crippen LogP contribution in [0.4, 0.5) is 26.3 Å². The van der Waals surface area contributed by atoms with Crippen molar-refractivity contribution in [2.24, 2.45) is 0 Å². The van der Waals surface area contributed by atoms with Gasteiger partial charge in [0.2, 0.25) is 0 Å². The molecule has 2 atom stereocenters. The zero-order valence-corrected chi connectivity index (χ0v) is 13.8. The second kappa shape index (κ2) is 7.02. The van der Waals surface area contributed by atoms with Crippen molar-refractivity contribution in [3.8, 4) is 0 Å². The van der Waals surface area contributed by atoms with Crippen LogP contribution in [0.15, 0.2) is 54.6 Å². The molecule has 25 heavy (non-hydrogen) atoms. The van der Waals surface area contributed by atoms with E-state index in [0.29, 0.717) is 12.1 Å². The Hall–Kier alpha value is -1.50. The van der Waals surface area contributed by atoms with Crippen molar-refractivity contribution in [3.63, 3.8) is 0 Å². The van der Waals surface area contributed by atoms with Gasteiger partial charge in [0.05, 0.1) is 10.9 Å². The molecule has 0 radical (unpaired) electrons. The average molecular weight is 403 g/mol. The molecule has 0 aliphatic rings. The smallest absolute Gasteiger partial charge is 0.296 e. The van der Waals surface area contributed by atoms with Gasteiger partial charge in [0, 0.05) is 0 Å². The quantitative estimate of drug-likeness (QED) is 0.457. The summed E-state index contributed by atoms with van der Waals surface area (Å²) in [5.74, 6) is 0. The number of hydrogen-bond acceptors (Lipinski definition) is 2. The highest BCUT2D eigenvalue weighted by Gasteiger charge is 2.46. The second-order valence-corrected chi connectivity index (χ2v) is 7.99. The van der Waals surface area contributed by atoms with Crippen LogP contribution in [0.5, 0.6) is 0 Å². The normalized spacial score (nSPS) is 16.3. The molecule has 2 rings (SSSR count). The summed E-state index contributed by atoms with van der Waals surface area (Å²) in [6.45, 7) is -4.45. The lowest BCUT2D eigenvalue weighted by Crippen LogP contribution is -2.24. The number of benzene rings is 2.